The van der Waals surface area contributed by atoms with E-state index >= 15 is 0 Å². The van der Waals surface area contributed by atoms with Crippen molar-refractivity contribution < 1.29 is 18.1 Å². The molecule has 0 aromatic carbocycles. The van der Waals surface area contributed by atoms with Crippen molar-refractivity contribution >= 4 is 8.17 Å². The van der Waals surface area contributed by atoms with Gasteiger partial charge in [0.2, 0.25) is 0 Å². The summed E-state index contributed by atoms with van der Waals surface area (Å²) >= 11 is 0. The largest absolute Gasteiger partial charge is 0.591 e. The summed E-state index contributed by atoms with van der Waals surface area (Å²) < 4.78 is 19.1. The Bertz CT molecular complexity index is 80.8. The third kappa shape index (κ3) is 0.342. The molecule has 3 aliphatic heterocycles. The van der Waals surface area contributed by atoms with Crippen LogP contribution < -0.4 is 0 Å². The maximum atomic E-state index is 4.81. The molecular formula is C2H4O4P+. The lowest BCUT2D eigenvalue weighted by atomic mass is 11.3. The first-order valence-electron chi connectivity index (χ1n) is 1.85. The van der Waals surface area contributed by atoms with Gasteiger partial charge in [0.1, 0.15) is 0 Å². The molecule has 0 radical (unpaired) electrons. The molecule has 4 nitrogen and oxygen atoms in total. The molecule has 0 spiro atoms. The van der Waals surface area contributed by atoms with Crippen LogP contribution in [-0.4, -0.2) is 13.6 Å². The summed E-state index contributed by atoms with van der Waals surface area (Å²) in [6.07, 6.45) is 0. The van der Waals surface area contributed by atoms with E-state index < -0.39 is 14.6 Å². The van der Waals surface area contributed by atoms with E-state index in [-0.39, 0.29) is 0 Å². The second kappa shape index (κ2) is 0.989. The Hall–Kier alpha value is 0.270. The van der Waals surface area contributed by atoms with E-state index in [0.717, 1.165) is 0 Å². The Morgan fingerprint density at radius 2 is 2.00 bits per heavy atom. The molecule has 40 valence electrons. The first-order chi connectivity index (χ1) is 3.35. The molecule has 2 bridgehead atoms. The van der Waals surface area contributed by atoms with Crippen LogP contribution in [0.15, 0.2) is 0 Å². The van der Waals surface area contributed by atoms with Crippen LogP contribution in [0, 0.1) is 0 Å². The molecule has 0 N–H and O–H groups in total. The van der Waals surface area contributed by atoms with Gasteiger partial charge in [-0.2, -0.15) is 4.52 Å². The van der Waals surface area contributed by atoms with Crippen LogP contribution in [0.4, 0.5) is 0 Å². The molecule has 0 saturated carbocycles. The third-order valence-electron chi connectivity index (χ3n) is 0.869. The highest BCUT2D eigenvalue weighted by atomic mass is 31.2. The lowest BCUT2D eigenvalue weighted by Gasteiger charge is -2.39. The van der Waals surface area contributed by atoms with E-state index in [1.807, 2.05) is 0 Å². The van der Waals surface area contributed by atoms with Crippen molar-refractivity contribution in [1.29, 1.82) is 0 Å². The quantitative estimate of drug-likeness (QED) is 0.480. The summed E-state index contributed by atoms with van der Waals surface area (Å²) in [6, 6.07) is 0. The summed E-state index contributed by atoms with van der Waals surface area (Å²) in [6.45, 7) is -0.395. The Labute approximate surface area is 41.0 Å². The molecule has 3 rings (SSSR count). The Morgan fingerprint density at radius 3 is 2.00 bits per heavy atom. The van der Waals surface area contributed by atoms with Crippen molar-refractivity contribution in [3.8, 4) is 0 Å². The fourth-order valence-electron chi connectivity index (χ4n) is 0.469. The topological polar surface area (TPSA) is 36.9 Å². The minimum atomic E-state index is -2.08. The lowest BCUT2D eigenvalue weighted by Crippen LogP contribution is -2.46. The van der Waals surface area contributed by atoms with Gasteiger partial charge in [-0.15, -0.1) is 0 Å². The zero-order valence-electron chi connectivity index (χ0n) is 3.66. The molecule has 3 heterocycles. The smallest absolute Gasteiger partial charge is 0.156 e. The number of rotatable bonds is 1. The average Bonchev–Trinajstić information content (AvgIpc) is 1.25. The number of hydrogen-bond donors (Lipinski definition) is 0. The molecule has 0 amide bonds. The summed E-state index contributed by atoms with van der Waals surface area (Å²) in [5, 5.41) is 0. The zero-order chi connectivity index (χ0) is 4.91. The summed E-state index contributed by atoms with van der Waals surface area (Å²) in [5.41, 5.74) is 0. The van der Waals surface area contributed by atoms with Gasteiger partial charge >= 0.3 is 14.6 Å². The summed E-state index contributed by atoms with van der Waals surface area (Å²) in [4.78, 5) is 0. The van der Waals surface area contributed by atoms with E-state index in [1.165, 1.54) is 7.11 Å². The van der Waals surface area contributed by atoms with E-state index in [2.05, 4.69) is 4.52 Å². The Morgan fingerprint density at radius 1 is 1.43 bits per heavy atom. The van der Waals surface area contributed by atoms with E-state index in [4.69, 9.17) is 13.6 Å². The van der Waals surface area contributed by atoms with Crippen LogP contribution in [0.25, 0.3) is 0 Å². The Kier molecular flexibility index (Phi) is 0.590. The standard InChI is InChI=1S/C2H4O4P/c1-3-7-4-2(5-7)6-7/h2H,1H3/q+1. The van der Waals surface area contributed by atoms with Gasteiger partial charge in [0.25, 0.3) is 0 Å². The van der Waals surface area contributed by atoms with Crippen LogP contribution in [0.1, 0.15) is 0 Å². The molecule has 3 fully saturated rings. The minimum absolute atomic E-state index is 0.395. The first kappa shape index (κ1) is 4.18. The monoisotopic (exact) mass is 123 g/mol. The van der Waals surface area contributed by atoms with Crippen molar-refractivity contribution in [3.05, 3.63) is 0 Å². The zero-order valence-corrected chi connectivity index (χ0v) is 4.55. The van der Waals surface area contributed by atoms with Crippen molar-refractivity contribution in [3.63, 3.8) is 0 Å². The molecular weight excluding hydrogens is 119 g/mol. The first-order valence-corrected chi connectivity index (χ1v) is 3.31. The highest BCUT2D eigenvalue weighted by Crippen LogP contribution is 2.83. The Balaban J connectivity index is 2.03. The molecule has 5 heteroatoms. The maximum absolute atomic E-state index is 4.81. The molecule has 0 aliphatic carbocycles. The van der Waals surface area contributed by atoms with Crippen LogP contribution in [0.5, 0.6) is 0 Å². The van der Waals surface area contributed by atoms with Crippen molar-refractivity contribution in [2.24, 2.45) is 0 Å². The predicted octanol–water partition coefficient (Wildman–Crippen LogP) is 0.671. The second-order valence-corrected chi connectivity index (χ2v) is 3.13. The average molecular weight is 123 g/mol. The van der Waals surface area contributed by atoms with Gasteiger partial charge in [-0.25, -0.2) is 0 Å². The van der Waals surface area contributed by atoms with Gasteiger partial charge < -0.3 is 0 Å². The fraction of sp³-hybridized carbons (Fsp3) is 1.00. The van der Waals surface area contributed by atoms with Crippen molar-refractivity contribution in [1.82, 2.24) is 0 Å². The van der Waals surface area contributed by atoms with Crippen LogP contribution in [0.2, 0.25) is 0 Å². The van der Waals surface area contributed by atoms with Gasteiger partial charge in [0.15, 0.2) is 0 Å². The van der Waals surface area contributed by atoms with E-state index in [9.17, 15) is 0 Å². The van der Waals surface area contributed by atoms with Crippen molar-refractivity contribution in [2.75, 3.05) is 7.11 Å². The van der Waals surface area contributed by atoms with Gasteiger partial charge in [-0.05, 0) is 0 Å². The third-order valence-corrected chi connectivity index (χ3v) is 2.61. The van der Waals surface area contributed by atoms with Crippen LogP contribution >= 0.6 is 8.17 Å². The molecule has 0 unspecified atom stereocenters. The maximum Gasteiger partial charge on any atom is 0.591 e. The normalized spacial score (nSPS) is 55.3. The molecule has 0 aromatic rings. The molecule has 0 aromatic heterocycles. The highest BCUT2D eigenvalue weighted by Gasteiger charge is 2.81. The summed E-state index contributed by atoms with van der Waals surface area (Å²) in [5.74, 6) is 0. The minimum Gasteiger partial charge on any atom is -0.156 e. The molecule has 7 heavy (non-hydrogen) atoms. The SMILES string of the molecule is CO[P+]12OC(O1)O2. The van der Waals surface area contributed by atoms with Gasteiger partial charge in [-0.3, -0.25) is 0 Å². The fourth-order valence-corrected chi connectivity index (χ4v) is 1.41. The highest BCUT2D eigenvalue weighted by molar-refractivity contribution is 7.59. The summed E-state index contributed by atoms with van der Waals surface area (Å²) in [7, 11) is -0.577. The van der Waals surface area contributed by atoms with Crippen LogP contribution in [0.3, 0.4) is 0 Å². The van der Waals surface area contributed by atoms with Crippen LogP contribution in [-0.2, 0) is 18.1 Å². The van der Waals surface area contributed by atoms with E-state index in [0.29, 0.717) is 0 Å². The van der Waals surface area contributed by atoms with Crippen molar-refractivity contribution in [2.45, 2.75) is 6.48 Å². The second-order valence-electron chi connectivity index (χ2n) is 1.23. The van der Waals surface area contributed by atoms with E-state index in [1.54, 1.807) is 0 Å². The van der Waals surface area contributed by atoms with Gasteiger partial charge in [-0.1, -0.05) is 13.6 Å². The lowest BCUT2D eigenvalue weighted by molar-refractivity contribution is -0.355. The number of hydrogen-bond acceptors (Lipinski definition) is 4. The van der Waals surface area contributed by atoms with Gasteiger partial charge in [0.05, 0.1) is 7.11 Å². The molecule has 3 saturated heterocycles. The van der Waals surface area contributed by atoms with Gasteiger partial charge in [0, 0.05) is 0 Å². The molecule has 0 atom stereocenters. The molecule has 3 aliphatic rings. The predicted molar refractivity (Wildman–Crippen MR) is 21.0 cm³/mol.